The van der Waals surface area contributed by atoms with Crippen molar-refractivity contribution in [2.75, 3.05) is 6.54 Å². The SMILES string of the molecule is NS(=O)(=O)c1ccc(CCNC(=O)CCc2ccco2)cc1. The van der Waals surface area contributed by atoms with E-state index in [2.05, 4.69) is 5.32 Å². The molecule has 0 saturated heterocycles. The maximum atomic E-state index is 11.7. The molecule has 7 heteroatoms. The number of benzene rings is 1. The van der Waals surface area contributed by atoms with Crippen LogP contribution in [0.3, 0.4) is 0 Å². The van der Waals surface area contributed by atoms with E-state index >= 15 is 0 Å². The molecule has 0 bridgehead atoms. The molecule has 1 heterocycles. The zero-order valence-corrected chi connectivity index (χ0v) is 12.8. The average Bonchev–Trinajstić information content (AvgIpc) is 2.98. The minimum absolute atomic E-state index is 0.0439. The summed E-state index contributed by atoms with van der Waals surface area (Å²) in [6, 6.07) is 9.93. The number of primary sulfonamides is 1. The van der Waals surface area contributed by atoms with Gasteiger partial charge in [-0.25, -0.2) is 13.6 Å². The first kappa shape index (κ1) is 16.3. The van der Waals surface area contributed by atoms with E-state index in [0.717, 1.165) is 11.3 Å². The van der Waals surface area contributed by atoms with Crippen LogP contribution in [0.25, 0.3) is 0 Å². The van der Waals surface area contributed by atoms with Crippen molar-refractivity contribution in [3.8, 4) is 0 Å². The molecule has 2 rings (SSSR count). The first-order valence-corrected chi connectivity index (χ1v) is 8.40. The highest BCUT2D eigenvalue weighted by atomic mass is 32.2. The lowest BCUT2D eigenvalue weighted by Crippen LogP contribution is -2.25. The Labute approximate surface area is 129 Å². The average molecular weight is 322 g/mol. The van der Waals surface area contributed by atoms with Crippen LogP contribution in [-0.2, 0) is 27.7 Å². The van der Waals surface area contributed by atoms with Crippen molar-refractivity contribution in [1.29, 1.82) is 0 Å². The Morgan fingerprint density at radius 2 is 1.86 bits per heavy atom. The number of nitrogens with two attached hydrogens (primary N) is 1. The van der Waals surface area contributed by atoms with E-state index in [-0.39, 0.29) is 10.8 Å². The lowest BCUT2D eigenvalue weighted by Gasteiger charge is -2.05. The smallest absolute Gasteiger partial charge is 0.238 e. The van der Waals surface area contributed by atoms with E-state index in [1.165, 1.54) is 12.1 Å². The maximum Gasteiger partial charge on any atom is 0.238 e. The third kappa shape index (κ3) is 5.01. The van der Waals surface area contributed by atoms with Crippen LogP contribution >= 0.6 is 0 Å². The summed E-state index contributed by atoms with van der Waals surface area (Å²) in [4.78, 5) is 11.7. The highest BCUT2D eigenvalue weighted by Crippen LogP contribution is 2.09. The fourth-order valence-corrected chi connectivity index (χ4v) is 2.49. The maximum absolute atomic E-state index is 11.7. The van der Waals surface area contributed by atoms with Crippen molar-refractivity contribution in [3.05, 3.63) is 54.0 Å². The first-order valence-electron chi connectivity index (χ1n) is 6.86. The third-order valence-corrected chi connectivity index (χ3v) is 4.10. The summed E-state index contributed by atoms with van der Waals surface area (Å²) in [5.41, 5.74) is 0.929. The molecule has 1 amide bonds. The molecule has 0 radical (unpaired) electrons. The molecule has 1 aromatic heterocycles. The third-order valence-electron chi connectivity index (χ3n) is 3.17. The fourth-order valence-electron chi connectivity index (χ4n) is 1.97. The molecule has 118 valence electrons. The van der Waals surface area contributed by atoms with Gasteiger partial charge in [-0.1, -0.05) is 12.1 Å². The van der Waals surface area contributed by atoms with Crippen LogP contribution in [0.4, 0.5) is 0 Å². The van der Waals surface area contributed by atoms with Crippen molar-refractivity contribution in [2.45, 2.75) is 24.2 Å². The second-order valence-corrected chi connectivity index (χ2v) is 6.43. The van der Waals surface area contributed by atoms with Gasteiger partial charge in [0.15, 0.2) is 0 Å². The Bertz CT molecular complexity index is 707. The Kier molecular flexibility index (Phi) is 5.35. The highest BCUT2D eigenvalue weighted by molar-refractivity contribution is 7.89. The lowest BCUT2D eigenvalue weighted by atomic mass is 10.1. The number of sulfonamides is 1. The highest BCUT2D eigenvalue weighted by Gasteiger charge is 2.07. The van der Waals surface area contributed by atoms with Crippen LogP contribution in [0.2, 0.25) is 0 Å². The number of amides is 1. The molecule has 3 N–H and O–H groups in total. The molecule has 0 aliphatic carbocycles. The van der Waals surface area contributed by atoms with Crippen molar-refractivity contribution in [1.82, 2.24) is 5.32 Å². The molecule has 0 saturated carbocycles. The van der Waals surface area contributed by atoms with Crippen molar-refractivity contribution in [3.63, 3.8) is 0 Å². The normalized spacial score (nSPS) is 11.3. The molecule has 1 aromatic carbocycles. The summed E-state index contributed by atoms with van der Waals surface area (Å²) >= 11 is 0. The number of carbonyl (C=O) groups is 1. The molecule has 0 fully saturated rings. The van der Waals surface area contributed by atoms with Gasteiger partial charge in [-0.15, -0.1) is 0 Å². The van der Waals surface area contributed by atoms with E-state index in [9.17, 15) is 13.2 Å². The molecule has 0 unspecified atom stereocenters. The second kappa shape index (κ2) is 7.24. The summed E-state index contributed by atoms with van der Waals surface area (Å²) < 4.78 is 27.4. The van der Waals surface area contributed by atoms with Crippen molar-refractivity contribution in [2.24, 2.45) is 5.14 Å². The molecule has 2 aromatic rings. The minimum atomic E-state index is -3.66. The van der Waals surface area contributed by atoms with Crippen LogP contribution in [0, 0.1) is 0 Å². The summed E-state index contributed by atoms with van der Waals surface area (Å²) in [7, 11) is -3.66. The second-order valence-electron chi connectivity index (χ2n) is 4.87. The van der Waals surface area contributed by atoms with Gasteiger partial charge in [0.1, 0.15) is 5.76 Å². The minimum Gasteiger partial charge on any atom is -0.469 e. The number of rotatable bonds is 7. The number of hydrogen-bond acceptors (Lipinski definition) is 4. The zero-order valence-electron chi connectivity index (χ0n) is 12.0. The molecular weight excluding hydrogens is 304 g/mol. The molecule has 22 heavy (non-hydrogen) atoms. The van der Waals surface area contributed by atoms with Gasteiger partial charge >= 0.3 is 0 Å². The summed E-state index contributed by atoms with van der Waals surface area (Å²) in [6.07, 6.45) is 3.15. The Morgan fingerprint density at radius 1 is 1.14 bits per heavy atom. The van der Waals surface area contributed by atoms with Gasteiger partial charge in [0, 0.05) is 19.4 Å². The van der Waals surface area contributed by atoms with Gasteiger partial charge in [0.2, 0.25) is 15.9 Å². The summed E-state index contributed by atoms with van der Waals surface area (Å²) in [5, 5.41) is 7.84. The van der Waals surface area contributed by atoms with E-state index in [4.69, 9.17) is 9.56 Å². The van der Waals surface area contributed by atoms with Crippen LogP contribution in [0.15, 0.2) is 52.0 Å². The predicted molar refractivity (Wildman–Crippen MR) is 81.6 cm³/mol. The van der Waals surface area contributed by atoms with E-state index < -0.39 is 10.0 Å². The standard InChI is InChI=1S/C15H18N2O4S/c16-22(19,20)14-6-3-12(4-7-14)9-10-17-15(18)8-5-13-2-1-11-21-13/h1-4,6-7,11H,5,8-10H2,(H,17,18)(H2,16,19,20). The zero-order chi connectivity index (χ0) is 16.0. The van der Waals surface area contributed by atoms with E-state index in [1.54, 1.807) is 24.5 Å². The summed E-state index contributed by atoms with van der Waals surface area (Å²) in [6.45, 7) is 0.492. The van der Waals surface area contributed by atoms with Gasteiger partial charge in [0.25, 0.3) is 0 Å². The summed E-state index contributed by atoms with van der Waals surface area (Å²) in [5.74, 6) is 0.742. The van der Waals surface area contributed by atoms with Gasteiger partial charge in [-0.2, -0.15) is 0 Å². The van der Waals surface area contributed by atoms with Crippen molar-refractivity contribution >= 4 is 15.9 Å². The molecule has 0 aliphatic rings. The Hall–Kier alpha value is -2.12. The topological polar surface area (TPSA) is 102 Å². The number of aryl methyl sites for hydroxylation is 1. The molecule has 0 spiro atoms. The quantitative estimate of drug-likeness (QED) is 0.800. The van der Waals surface area contributed by atoms with Crippen LogP contribution in [0.1, 0.15) is 17.7 Å². The van der Waals surface area contributed by atoms with E-state index in [0.29, 0.717) is 25.8 Å². The van der Waals surface area contributed by atoms with Crippen LogP contribution in [-0.4, -0.2) is 20.9 Å². The molecule has 6 nitrogen and oxygen atoms in total. The largest absolute Gasteiger partial charge is 0.469 e. The Balaban J connectivity index is 1.73. The fraction of sp³-hybridized carbons (Fsp3) is 0.267. The van der Waals surface area contributed by atoms with Gasteiger partial charge in [-0.3, -0.25) is 4.79 Å². The van der Waals surface area contributed by atoms with Gasteiger partial charge < -0.3 is 9.73 Å². The molecular formula is C15H18N2O4S. The van der Waals surface area contributed by atoms with Gasteiger partial charge in [0.05, 0.1) is 11.2 Å². The molecule has 0 atom stereocenters. The lowest BCUT2D eigenvalue weighted by molar-refractivity contribution is -0.121. The first-order chi connectivity index (χ1) is 10.4. The Morgan fingerprint density at radius 3 is 2.45 bits per heavy atom. The van der Waals surface area contributed by atoms with Gasteiger partial charge in [-0.05, 0) is 36.2 Å². The predicted octanol–water partition coefficient (Wildman–Crippen LogP) is 1.22. The van der Waals surface area contributed by atoms with E-state index in [1.807, 2.05) is 6.07 Å². The number of furan rings is 1. The van der Waals surface area contributed by atoms with Crippen LogP contribution < -0.4 is 10.5 Å². The number of hydrogen-bond donors (Lipinski definition) is 2. The van der Waals surface area contributed by atoms with Crippen molar-refractivity contribution < 1.29 is 17.6 Å². The number of carbonyl (C=O) groups excluding carboxylic acids is 1. The van der Waals surface area contributed by atoms with Crippen LogP contribution in [0.5, 0.6) is 0 Å². The monoisotopic (exact) mass is 322 g/mol. The number of nitrogens with one attached hydrogen (secondary N) is 1. The molecule has 0 aliphatic heterocycles.